The van der Waals surface area contributed by atoms with Gasteiger partial charge < -0.3 is 5.32 Å². The molecule has 112 valence electrons. The monoisotopic (exact) mass is 286 g/mol. The summed E-state index contributed by atoms with van der Waals surface area (Å²) in [6, 6.07) is 5.93. The number of carbonyl (C=O) groups excluding carboxylic acids is 2. The van der Waals surface area contributed by atoms with Crippen molar-refractivity contribution in [1.82, 2.24) is 4.90 Å². The van der Waals surface area contributed by atoms with Gasteiger partial charge in [-0.05, 0) is 42.9 Å². The van der Waals surface area contributed by atoms with Crippen LogP contribution in [-0.4, -0.2) is 29.8 Å². The Morgan fingerprint density at radius 1 is 1.19 bits per heavy atom. The predicted octanol–water partition coefficient (Wildman–Crippen LogP) is 3.29. The van der Waals surface area contributed by atoms with Crippen molar-refractivity contribution >= 4 is 17.5 Å². The summed E-state index contributed by atoms with van der Waals surface area (Å²) in [6.45, 7) is 4.61. The van der Waals surface area contributed by atoms with Gasteiger partial charge in [0.1, 0.15) is 0 Å². The average Bonchev–Trinajstić information content (AvgIpc) is 2.63. The van der Waals surface area contributed by atoms with E-state index in [1.165, 1.54) is 24.8 Å². The first-order chi connectivity index (χ1) is 9.87. The maximum Gasteiger partial charge on any atom is 0.261 e. The van der Waals surface area contributed by atoms with E-state index >= 15 is 0 Å². The van der Waals surface area contributed by atoms with Crippen LogP contribution in [-0.2, 0) is 0 Å². The Morgan fingerprint density at radius 2 is 1.90 bits per heavy atom. The van der Waals surface area contributed by atoms with Crippen molar-refractivity contribution < 1.29 is 9.59 Å². The van der Waals surface area contributed by atoms with Crippen molar-refractivity contribution in [3.63, 3.8) is 0 Å². The van der Waals surface area contributed by atoms with Gasteiger partial charge in [0.15, 0.2) is 0 Å². The van der Waals surface area contributed by atoms with Crippen LogP contribution in [0.2, 0.25) is 0 Å². The molecule has 1 aliphatic heterocycles. The molecule has 0 saturated heterocycles. The lowest BCUT2D eigenvalue weighted by molar-refractivity contribution is 0.0693. The Balaban J connectivity index is 1.80. The van der Waals surface area contributed by atoms with Gasteiger partial charge in [-0.3, -0.25) is 14.5 Å². The van der Waals surface area contributed by atoms with Gasteiger partial charge in [0.05, 0.1) is 11.1 Å². The lowest BCUT2D eigenvalue weighted by Gasteiger charge is -2.36. The molecule has 0 bridgehead atoms. The molecule has 21 heavy (non-hydrogen) atoms. The van der Waals surface area contributed by atoms with Crippen molar-refractivity contribution in [2.45, 2.75) is 45.6 Å². The van der Waals surface area contributed by atoms with Crippen LogP contribution in [0.3, 0.4) is 0 Å². The maximum absolute atomic E-state index is 12.0. The summed E-state index contributed by atoms with van der Waals surface area (Å²) >= 11 is 0. The van der Waals surface area contributed by atoms with E-state index in [1.54, 1.807) is 6.07 Å². The first-order valence-corrected chi connectivity index (χ1v) is 7.60. The Kier molecular flexibility index (Phi) is 3.27. The highest BCUT2D eigenvalue weighted by molar-refractivity contribution is 6.21. The van der Waals surface area contributed by atoms with Gasteiger partial charge in [0.25, 0.3) is 11.8 Å². The second kappa shape index (κ2) is 4.86. The number of hydrogen-bond acceptors (Lipinski definition) is 3. The SMILES string of the molecule is CN1C(=O)c2ccc(NC3CCCC(C)(C)C3)cc2C1=O. The number of hydrogen-bond donors (Lipinski definition) is 1. The number of anilines is 1. The summed E-state index contributed by atoms with van der Waals surface area (Å²) in [5, 5.41) is 3.53. The molecule has 4 nitrogen and oxygen atoms in total. The first-order valence-electron chi connectivity index (χ1n) is 7.60. The van der Waals surface area contributed by atoms with Gasteiger partial charge in [-0.15, -0.1) is 0 Å². The van der Waals surface area contributed by atoms with Gasteiger partial charge >= 0.3 is 0 Å². The van der Waals surface area contributed by atoms with Crippen molar-refractivity contribution in [3.8, 4) is 0 Å². The number of carbonyl (C=O) groups is 2. The standard InChI is InChI=1S/C17H22N2O2/c1-17(2)8-4-5-12(10-17)18-11-6-7-13-14(9-11)16(21)19(3)15(13)20/h6-7,9,12,18H,4-5,8,10H2,1-3H3. The van der Waals surface area contributed by atoms with Crippen molar-refractivity contribution in [3.05, 3.63) is 29.3 Å². The fourth-order valence-electron chi connectivity index (χ4n) is 3.51. The molecule has 1 unspecified atom stereocenters. The van der Waals surface area contributed by atoms with Crippen LogP contribution in [0.5, 0.6) is 0 Å². The Bertz CT molecular complexity index is 607. The summed E-state index contributed by atoms with van der Waals surface area (Å²) in [7, 11) is 1.53. The molecule has 0 aromatic heterocycles. The van der Waals surface area contributed by atoms with Crippen LogP contribution >= 0.6 is 0 Å². The molecule has 4 heteroatoms. The summed E-state index contributed by atoms with van der Waals surface area (Å²) in [5.41, 5.74) is 2.34. The van der Waals surface area contributed by atoms with E-state index in [0.717, 1.165) is 18.5 Å². The molecular weight excluding hydrogens is 264 g/mol. The van der Waals surface area contributed by atoms with Crippen LogP contribution < -0.4 is 5.32 Å². The number of imide groups is 1. The first kappa shape index (κ1) is 14.1. The van der Waals surface area contributed by atoms with Gasteiger partial charge in [-0.25, -0.2) is 0 Å². The zero-order chi connectivity index (χ0) is 15.2. The number of nitrogens with zero attached hydrogens (tertiary/aromatic N) is 1. The molecule has 0 spiro atoms. The quantitative estimate of drug-likeness (QED) is 0.849. The second-order valence-electron chi connectivity index (χ2n) is 7.03. The van der Waals surface area contributed by atoms with E-state index in [1.807, 2.05) is 12.1 Å². The van der Waals surface area contributed by atoms with E-state index in [9.17, 15) is 9.59 Å². The number of nitrogens with one attached hydrogen (secondary N) is 1. The maximum atomic E-state index is 12.0. The normalized spacial score (nSPS) is 24.1. The van der Waals surface area contributed by atoms with Crippen LogP contribution in [0.1, 0.15) is 60.2 Å². The van der Waals surface area contributed by atoms with Gasteiger partial charge in [0.2, 0.25) is 0 Å². The van der Waals surface area contributed by atoms with Crippen molar-refractivity contribution in [1.29, 1.82) is 0 Å². The minimum absolute atomic E-state index is 0.206. The molecule has 0 radical (unpaired) electrons. The van der Waals surface area contributed by atoms with E-state index in [-0.39, 0.29) is 11.8 Å². The van der Waals surface area contributed by atoms with E-state index < -0.39 is 0 Å². The highest BCUT2D eigenvalue weighted by Crippen LogP contribution is 2.36. The molecule has 1 aromatic rings. The summed E-state index contributed by atoms with van der Waals surface area (Å²) in [4.78, 5) is 25.1. The third-order valence-corrected chi connectivity index (χ3v) is 4.67. The predicted molar refractivity (Wildman–Crippen MR) is 82.5 cm³/mol. The van der Waals surface area contributed by atoms with Crippen LogP contribution in [0, 0.1) is 5.41 Å². The summed E-state index contributed by atoms with van der Waals surface area (Å²) < 4.78 is 0. The van der Waals surface area contributed by atoms with Crippen LogP contribution in [0.15, 0.2) is 18.2 Å². The Labute approximate surface area is 125 Å². The van der Waals surface area contributed by atoms with Crippen molar-refractivity contribution in [2.24, 2.45) is 5.41 Å². The molecule has 1 aromatic carbocycles. The molecule has 2 aliphatic rings. The van der Waals surface area contributed by atoms with E-state index in [2.05, 4.69) is 19.2 Å². The van der Waals surface area contributed by atoms with Gasteiger partial charge in [-0.2, -0.15) is 0 Å². The van der Waals surface area contributed by atoms with Gasteiger partial charge in [-0.1, -0.05) is 20.3 Å². The zero-order valence-electron chi connectivity index (χ0n) is 12.9. The molecule has 1 fully saturated rings. The van der Waals surface area contributed by atoms with Crippen molar-refractivity contribution in [2.75, 3.05) is 12.4 Å². The Hall–Kier alpha value is -1.84. The average molecular weight is 286 g/mol. The second-order valence-corrected chi connectivity index (χ2v) is 7.03. The number of amides is 2. The fourth-order valence-corrected chi connectivity index (χ4v) is 3.51. The largest absolute Gasteiger partial charge is 0.382 e. The highest BCUT2D eigenvalue weighted by atomic mass is 16.2. The van der Waals surface area contributed by atoms with Gasteiger partial charge in [0, 0.05) is 18.8 Å². The number of benzene rings is 1. The third kappa shape index (κ3) is 2.55. The van der Waals surface area contributed by atoms with Crippen LogP contribution in [0.25, 0.3) is 0 Å². The summed E-state index contributed by atoms with van der Waals surface area (Å²) in [6.07, 6.45) is 4.80. The molecule has 3 rings (SSSR count). The molecule has 1 atom stereocenters. The number of rotatable bonds is 2. The molecule has 2 amide bonds. The highest BCUT2D eigenvalue weighted by Gasteiger charge is 2.33. The van der Waals surface area contributed by atoms with E-state index in [0.29, 0.717) is 22.6 Å². The van der Waals surface area contributed by atoms with E-state index in [4.69, 9.17) is 0 Å². The molecular formula is C17H22N2O2. The molecule has 1 heterocycles. The minimum atomic E-state index is -0.208. The van der Waals surface area contributed by atoms with Crippen LogP contribution in [0.4, 0.5) is 5.69 Å². The Morgan fingerprint density at radius 3 is 2.62 bits per heavy atom. The number of fused-ring (bicyclic) bond motifs is 1. The topological polar surface area (TPSA) is 49.4 Å². The molecule has 1 aliphatic carbocycles. The zero-order valence-corrected chi connectivity index (χ0v) is 12.9. The smallest absolute Gasteiger partial charge is 0.261 e. The third-order valence-electron chi connectivity index (χ3n) is 4.67. The molecule has 1 saturated carbocycles. The lowest BCUT2D eigenvalue weighted by Crippen LogP contribution is -2.31. The summed E-state index contributed by atoms with van der Waals surface area (Å²) in [5.74, 6) is -0.414. The lowest BCUT2D eigenvalue weighted by atomic mass is 9.75. The molecule has 1 N–H and O–H groups in total. The minimum Gasteiger partial charge on any atom is -0.382 e. The fraction of sp³-hybridized carbons (Fsp3) is 0.529.